The molecule has 1 aliphatic carbocycles. The van der Waals surface area contributed by atoms with E-state index in [0.29, 0.717) is 0 Å². The Morgan fingerprint density at radius 1 is 1.38 bits per heavy atom. The van der Waals surface area contributed by atoms with E-state index in [-0.39, 0.29) is 11.5 Å². The molecule has 2 aromatic rings. The summed E-state index contributed by atoms with van der Waals surface area (Å²) < 4.78 is 0. The standard InChI is InChI=1S/C17H19NO2S/c1-10-8-21-9-14(10)11-4-5-13-12(6-11)7-17(2,3)15(13)18-16(19)20/h4-6,8-9,15,18H,7H2,1-3H3,(H,19,20). The molecule has 1 aromatic heterocycles. The zero-order valence-corrected chi connectivity index (χ0v) is 13.3. The van der Waals surface area contributed by atoms with Gasteiger partial charge >= 0.3 is 6.09 Å². The zero-order chi connectivity index (χ0) is 15.2. The number of carbonyl (C=O) groups is 1. The molecule has 4 heteroatoms. The molecule has 110 valence electrons. The molecule has 1 atom stereocenters. The fraction of sp³-hybridized carbons (Fsp3) is 0.353. The lowest BCUT2D eigenvalue weighted by Crippen LogP contribution is -2.34. The minimum atomic E-state index is -0.960. The predicted octanol–water partition coefficient (Wildman–Crippen LogP) is 4.61. The van der Waals surface area contributed by atoms with Gasteiger partial charge in [-0.05, 0) is 57.3 Å². The summed E-state index contributed by atoms with van der Waals surface area (Å²) in [6.45, 7) is 6.35. The van der Waals surface area contributed by atoms with Crippen molar-refractivity contribution in [2.75, 3.05) is 0 Å². The van der Waals surface area contributed by atoms with E-state index in [4.69, 9.17) is 5.11 Å². The summed E-state index contributed by atoms with van der Waals surface area (Å²) >= 11 is 1.71. The van der Waals surface area contributed by atoms with Gasteiger partial charge in [-0.15, -0.1) is 0 Å². The minimum absolute atomic E-state index is 0.0942. The SMILES string of the molecule is Cc1cscc1-c1ccc2c(c1)CC(C)(C)C2NC(=O)O. The average Bonchev–Trinajstić information content (AvgIpc) is 2.91. The summed E-state index contributed by atoms with van der Waals surface area (Å²) in [7, 11) is 0. The van der Waals surface area contributed by atoms with E-state index < -0.39 is 6.09 Å². The van der Waals surface area contributed by atoms with Crippen LogP contribution in [0.25, 0.3) is 11.1 Å². The fourth-order valence-corrected chi connectivity index (χ4v) is 4.13. The molecule has 21 heavy (non-hydrogen) atoms. The van der Waals surface area contributed by atoms with E-state index in [9.17, 15) is 4.79 Å². The first-order valence-electron chi connectivity index (χ1n) is 7.04. The maximum atomic E-state index is 11.0. The number of amides is 1. The second kappa shape index (κ2) is 4.88. The van der Waals surface area contributed by atoms with E-state index in [2.05, 4.69) is 55.0 Å². The Kier molecular flexibility index (Phi) is 3.29. The first-order valence-corrected chi connectivity index (χ1v) is 7.98. The van der Waals surface area contributed by atoms with E-state index in [0.717, 1.165) is 12.0 Å². The van der Waals surface area contributed by atoms with Crippen molar-refractivity contribution in [3.05, 3.63) is 45.6 Å². The Hall–Kier alpha value is -1.81. The van der Waals surface area contributed by atoms with Crippen LogP contribution in [0.15, 0.2) is 29.0 Å². The topological polar surface area (TPSA) is 49.3 Å². The van der Waals surface area contributed by atoms with Crippen LogP contribution in [0.4, 0.5) is 4.79 Å². The van der Waals surface area contributed by atoms with Gasteiger partial charge in [-0.2, -0.15) is 11.3 Å². The van der Waals surface area contributed by atoms with E-state index in [1.165, 1.54) is 22.3 Å². The van der Waals surface area contributed by atoms with Crippen molar-refractivity contribution in [2.24, 2.45) is 5.41 Å². The van der Waals surface area contributed by atoms with Crippen LogP contribution in [0.1, 0.15) is 36.6 Å². The predicted molar refractivity (Wildman–Crippen MR) is 85.9 cm³/mol. The van der Waals surface area contributed by atoms with Crippen LogP contribution in [0, 0.1) is 12.3 Å². The number of nitrogens with one attached hydrogen (secondary N) is 1. The van der Waals surface area contributed by atoms with E-state index >= 15 is 0 Å². The molecule has 2 N–H and O–H groups in total. The van der Waals surface area contributed by atoms with Gasteiger partial charge < -0.3 is 10.4 Å². The number of carboxylic acid groups (broad SMARTS) is 1. The van der Waals surface area contributed by atoms with Gasteiger partial charge in [0.25, 0.3) is 0 Å². The molecule has 0 saturated carbocycles. The number of hydrogen-bond acceptors (Lipinski definition) is 2. The van der Waals surface area contributed by atoms with Crippen LogP contribution in [0.3, 0.4) is 0 Å². The molecule has 0 bridgehead atoms. The minimum Gasteiger partial charge on any atom is -0.465 e. The average molecular weight is 301 g/mol. The maximum Gasteiger partial charge on any atom is 0.405 e. The van der Waals surface area contributed by atoms with Crippen LogP contribution in [0.5, 0.6) is 0 Å². The molecule has 0 radical (unpaired) electrons. The van der Waals surface area contributed by atoms with E-state index in [1.54, 1.807) is 11.3 Å². The van der Waals surface area contributed by atoms with Gasteiger partial charge in [0.05, 0.1) is 6.04 Å². The van der Waals surface area contributed by atoms with Crippen molar-refractivity contribution < 1.29 is 9.90 Å². The van der Waals surface area contributed by atoms with Crippen LogP contribution >= 0.6 is 11.3 Å². The Bertz CT molecular complexity index is 703. The molecule has 1 aromatic carbocycles. The molecule has 0 aliphatic heterocycles. The van der Waals surface area contributed by atoms with Gasteiger partial charge in [0.15, 0.2) is 0 Å². The first-order chi connectivity index (χ1) is 9.88. The van der Waals surface area contributed by atoms with Gasteiger partial charge in [-0.3, -0.25) is 0 Å². The molecule has 1 unspecified atom stereocenters. The van der Waals surface area contributed by atoms with E-state index in [1.807, 2.05) is 0 Å². The third-order valence-electron chi connectivity index (χ3n) is 4.32. The number of rotatable bonds is 2. The molecule has 3 nitrogen and oxygen atoms in total. The largest absolute Gasteiger partial charge is 0.465 e. The van der Waals surface area contributed by atoms with Gasteiger partial charge in [0.1, 0.15) is 0 Å². The number of aryl methyl sites for hydroxylation is 1. The second-order valence-corrected chi connectivity index (χ2v) is 7.17. The second-order valence-electron chi connectivity index (χ2n) is 6.43. The van der Waals surface area contributed by atoms with Crippen LogP contribution in [-0.2, 0) is 6.42 Å². The van der Waals surface area contributed by atoms with Crippen molar-refractivity contribution in [1.29, 1.82) is 0 Å². The monoisotopic (exact) mass is 301 g/mol. The van der Waals surface area contributed by atoms with Crippen LogP contribution in [0.2, 0.25) is 0 Å². The van der Waals surface area contributed by atoms with Crippen molar-refractivity contribution in [1.82, 2.24) is 5.32 Å². The van der Waals surface area contributed by atoms with Crippen LogP contribution < -0.4 is 5.32 Å². The summed E-state index contributed by atoms with van der Waals surface area (Å²) in [5.74, 6) is 0. The Morgan fingerprint density at radius 2 is 2.14 bits per heavy atom. The Morgan fingerprint density at radius 3 is 2.76 bits per heavy atom. The Balaban J connectivity index is 2.02. The maximum absolute atomic E-state index is 11.0. The zero-order valence-electron chi connectivity index (χ0n) is 12.4. The highest BCUT2D eigenvalue weighted by Gasteiger charge is 2.39. The van der Waals surface area contributed by atoms with Gasteiger partial charge in [-0.25, -0.2) is 4.79 Å². The quantitative estimate of drug-likeness (QED) is 0.850. The number of benzene rings is 1. The highest BCUT2D eigenvalue weighted by molar-refractivity contribution is 7.08. The molecule has 0 spiro atoms. The van der Waals surface area contributed by atoms with Crippen molar-refractivity contribution in [2.45, 2.75) is 33.2 Å². The summed E-state index contributed by atoms with van der Waals surface area (Å²) in [5.41, 5.74) is 6.05. The highest BCUT2D eigenvalue weighted by atomic mass is 32.1. The smallest absolute Gasteiger partial charge is 0.405 e. The third kappa shape index (κ3) is 2.44. The first kappa shape index (κ1) is 14.1. The lowest BCUT2D eigenvalue weighted by Gasteiger charge is -2.27. The number of hydrogen-bond donors (Lipinski definition) is 2. The number of thiophene rings is 1. The third-order valence-corrected chi connectivity index (χ3v) is 5.18. The highest BCUT2D eigenvalue weighted by Crippen LogP contribution is 2.46. The molecule has 1 amide bonds. The van der Waals surface area contributed by atoms with Gasteiger partial charge in [0, 0.05) is 0 Å². The summed E-state index contributed by atoms with van der Waals surface area (Å²) in [6, 6.07) is 6.26. The molecule has 3 rings (SSSR count). The van der Waals surface area contributed by atoms with Gasteiger partial charge in [-0.1, -0.05) is 32.0 Å². The molecule has 0 saturated heterocycles. The van der Waals surface area contributed by atoms with Crippen molar-refractivity contribution in [3.63, 3.8) is 0 Å². The van der Waals surface area contributed by atoms with Crippen LogP contribution in [-0.4, -0.2) is 11.2 Å². The van der Waals surface area contributed by atoms with Crippen molar-refractivity contribution >= 4 is 17.4 Å². The number of fused-ring (bicyclic) bond motifs is 1. The lowest BCUT2D eigenvalue weighted by molar-refractivity contribution is 0.175. The Labute approximate surface area is 128 Å². The summed E-state index contributed by atoms with van der Waals surface area (Å²) in [4.78, 5) is 11.0. The lowest BCUT2D eigenvalue weighted by atomic mass is 9.85. The van der Waals surface area contributed by atoms with Gasteiger partial charge in [0.2, 0.25) is 0 Å². The molecule has 1 heterocycles. The van der Waals surface area contributed by atoms with Crippen molar-refractivity contribution in [3.8, 4) is 11.1 Å². The molecule has 1 aliphatic rings. The fourth-order valence-electron chi connectivity index (χ4n) is 3.27. The molecule has 0 fully saturated rings. The normalized spacial score (nSPS) is 19.3. The summed E-state index contributed by atoms with van der Waals surface area (Å²) in [6.07, 6.45) is -0.0664. The molecular formula is C17H19NO2S. The molecular weight excluding hydrogens is 282 g/mol. The summed E-state index contributed by atoms with van der Waals surface area (Å²) in [5, 5.41) is 16.1.